The lowest BCUT2D eigenvalue weighted by atomic mass is 10.1. The van der Waals surface area contributed by atoms with Crippen LogP contribution in [0.2, 0.25) is 0 Å². The minimum atomic E-state index is -0.982. The van der Waals surface area contributed by atoms with Crippen molar-refractivity contribution in [3.63, 3.8) is 0 Å². The number of hydrogen-bond acceptors (Lipinski definition) is 4. The van der Waals surface area contributed by atoms with Crippen LogP contribution in [0.25, 0.3) is 0 Å². The van der Waals surface area contributed by atoms with E-state index >= 15 is 0 Å². The van der Waals surface area contributed by atoms with Gasteiger partial charge in [0, 0.05) is 18.2 Å². The van der Waals surface area contributed by atoms with Crippen LogP contribution in [-0.2, 0) is 6.54 Å². The highest BCUT2D eigenvalue weighted by Crippen LogP contribution is 2.26. The summed E-state index contributed by atoms with van der Waals surface area (Å²) in [7, 11) is 1.59. The molecule has 0 radical (unpaired) electrons. The number of aromatic hydroxyl groups is 1. The van der Waals surface area contributed by atoms with E-state index in [1.54, 1.807) is 7.05 Å². The molecule has 2 N–H and O–H groups in total. The second kappa shape index (κ2) is 4.01. The van der Waals surface area contributed by atoms with Crippen LogP contribution in [0.15, 0.2) is 12.1 Å². The highest BCUT2D eigenvalue weighted by molar-refractivity contribution is 5.44. The summed E-state index contributed by atoms with van der Waals surface area (Å²) in [6, 6.07) is 1.82. The first-order chi connectivity index (χ1) is 6.56. The van der Waals surface area contributed by atoms with Crippen molar-refractivity contribution in [2.75, 3.05) is 7.05 Å². The van der Waals surface area contributed by atoms with Crippen molar-refractivity contribution in [1.29, 1.82) is 0 Å². The Kier molecular flexibility index (Phi) is 2.98. The van der Waals surface area contributed by atoms with Gasteiger partial charge in [0.15, 0.2) is 11.6 Å². The molecule has 0 saturated heterocycles. The molecule has 0 heterocycles. The predicted molar refractivity (Wildman–Crippen MR) is 47.5 cm³/mol. The van der Waals surface area contributed by atoms with Crippen LogP contribution in [0.1, 0.15) is 5.56 Å². The zero-order valence-corrected chi connectivity index (χ0v) is 7.45. The normalized spacial score (nSPS) is 10.1. The summed E-state index contributed by atoms with van der Waals surface area (Å²) in [5, 5.41) is 22.2. The zero-order chi connectivity index (χ0) is 10.7. The van der Waals surface area contributed by atoms with Gasteiger partial charge in [0.05, 0.1) is 11.0 Å². The quantitative estimate of drug-likeness (QED) is 0.567. The molecule has 1 aromatic rings. The third-order valence-electron chi connectivity index (χ3n) is 1.71. The average Bonchev–Trinajstić information content (AvgIpc) is 2.12. The maximum atomic E-state index is 12.9. The van der Waals surface area contributed by atoms with E-state index in [-0.39, 0.29) is 17.8 Å². The highest BCUT2D eigenvalue weighted by atomic mass is 19.1. The molecule has 1 aromatic carbocycles. The van der Waals surface area contributed by atoms with E-state index in [2.05, 4.69) is 5.32 Å². The Bertz CT molecular complexity index is 368. The number of rotatable bonds is 3. The van der Waals surface area contributed by atoms with Crippen molar-refractivity contribution in [1.82, 2.24) is 5.32 Å². The maximum Gasteiger partial charge on any atom is 0.272 e. The molecular weight excluding hydrogens is 191 g/mol. The Labute approximate surface area is 79.3 Å². The number of hydrogen-bond donors (Lipinski definition) is 2. The Balaban J connectivity index is 3.20. The summed E-state index contributed by atoms with van der Waals surface area (Å²) < 4.78 is 12.9. The molecule has 0 aromatic heterocycles. The molecule has 0 spiro atoms. The second-order valence-corrected chi connectivity index (χ2v) is 2.72. The molecule has 0 fully saturated rings. The van der Waals surface area contributed by atoms with Crippen LogP contribution >= 0.6 is 0 Å². The summed E-state index contributed by atoms with van der Waals surface area (Å²) >= 11 is 0. The van der Waals surface area contributed by atoms with Gasteiger partial charge in [-0.1, -0.05) is 0 Å². The van der Waals surface area contributed by atoms with E-state index in [9.17, 15) is 19.6 Å². The van der Waals surface area contributed by atoms with E-state index in [1.807, 2.05) is 0 Å². The average molecular weight is 200 g/mol. The van der Waals surface area contributed by atoms with Gasteiger partial charge in [-0.3, -0.25) is 10.1 Å². The Morgan fingerprint density at radius 3 is 2.79 bits per heavy atom. The van der Waals surface area contributed by atoms with Crippen molar-refractivity contribution in [3.8, 4) is 5.75 Å². The molecular formula is C8H9FN2O3. The number of phenols is 1. The Hall–Kier alpha value is -1.69. The van der Waals surface area contributed by atoms with Gasteiger partial charge in [0.2, 0.25) is 0 Å². The molecule has 14 heavy (non-hydrogen) atoms. The van der Waals surface area contributed by atoms with Crippen molar-refractivity contribution in [2.24, 2.45) is 0 Å². The fourth-order valence-corrected chi connectivity index (χ4v) is 1.07. The molecule has 6 heteroatoms. The van der Waals surface area contributed by atoms with Crippen molar-refractivity contribution < 1.29 is 14.4 Å². The first-order valence-electron chi connectivity index (χ1n) is 3.86. The molecule has 0 atom stereocenters. The number of phenolic OH excluding ortho intramolecular Hbond substituents is 1. The first-order valence-corrected chi connectivity index (χ1v) is 3.86. The maximum absolute atomic E-state index is 12.9. The monoisotopic (exact) mass is 200 g/mol. The lowest BCUT2D eigenvalue weighted by Gasteiger charge is -2.04. The summed E-state index contributed by atoms with van der Waals surface area (Å²) in [5.41, 5.74) is -0.204. The number of nitro groups is 1. The van der Waals surface area contributed by atoms with Gasteiger partial charge in [-0.15, -0.1) is 0 Å². The van der Waals surface area contributed by atoms with Crippen LogP contribution in [0.4, 0.5) is 10.1 Å². The van der Waals surface area contributed by atoms with E-state index in [0.717, 1.165) is 6.07 Å². The number of benzene rings is 1. The molecule has 0 unspecified atom stereocenters. The molecule has 76 valence electrons. The molecule has 0 aliphatic rings. The van der Waals surface area contributed by atoms with Crippen molar-refractivity contribution >= 4 is 5.69 Å². The van der Waals surface area contributed by atoms with Gasteiger partial charge < -0.3 is 10.4 Å². The fourth-order valence-electron chi connectivity index (χ4n) is 1.07. The van der Waals surface area contributed by atoms with Gasteiger partial charge in [-0.05, 0) is 7.05 Å². The first kappa shape index (κ1) is 10.4. The van der Waals surface area contributed by atoms with Crippen LogP contribution in [0.5, 0.6) is 5.75 Å². The smallest absolute Gasteiger partial charge is 0.272 e. The summed E-state index contributed by atoms with van der Waals surface area (Å²) in [4.78, 5) is 9.65. The van der Waals surface area contributed by atoms with Crippen molar-refractivity contribution in [2.45, 2.75) is 6.54 Å². The topological polar surface area (TPSA) is 75.4 Å². The molecule has 1 rings (SSSR count). The molecule has 5 nitrogen and oxygen atoms in total. The van der Waals surface area contributed by atoms with Gasteiger partial charge in [-0.25, -0.2) is 4.39 Å². The Morgan fingerprint density at radius 2 is 2.29 bits per heavy atom. The van der Waals surface area contributed by atoms with Crippen LogP contribution < -0.4 is 5.32 Å². The standard InChI is InChI=1S/C8H9FN2O3/c1-10-4-5-2-6(11(13)14)3-7(9)8(5)12/h2-3,10,12H,4H2,1H3. The summed E-state index contributed by atoms with van der Waals surface area (Å²) in [6.07, 6.45) is 0. The lowest BCUT2D eigenvalue weighted by molar-refractivity contribution is -0.385. The van der Waals surface area contributed by atoms with Gasteiger partial charge in [-0.2, -0.15) is 0 Å². The minimum Gasteiger partial charge on any atom is -0.505 e. The summed E-state index contributed by atoms with van der Waals surface area (Å²) in [5.74, 6) is -1.53. The van der Waals surface area contributed by atoms with E-state index in [0.29, 0.717) is 6.07 Å². The van der Waals surface area contributed by atoms with E-state index in [4.69, 9.17) is 0 Å². The minimum absolute atomic E-state index is 0.166. The van der Waals surface area contributed by atoms with Crippen LogP contribution in [0, 0.1) is 15.9 Å². The number of nitro benzene ring substituents is 1. The third-order valence-corrected chi connectivity index (χ3v) is 1.71. The van der Waals surface area contributed by atoms with E-state index < -0.39 is 16.5 Å². The highest BCUT2D eigenvalue weighted by Gasteiger charge is 2.15. The lowest BCUT2D eigenvalue weighted by Crippen LogP contribution is -2.06. The molecule has 0 aliphatic heterocycles. The van der Waals surface area contributed by atoms with Gasteiger partial charge in [0.25, 0.3) is 5.69 Å². The number of nitrogens with zero attached hydrogens (tertiary/aromatic N) is 1. The SMILES string of the molecule is CNCc1cc([N+](=O)[O-])cc(F)c1O. The third kappa shape index (κ3) is 1.97. The Morgan fingerprint density at radius 1 is 1.64 bits per heavy atom. The predicted octanol–water partition coefficient (Wildman–Crippen LogP) is 1.16. The van der Waals surface area contributed by atoms with E-state index in [1.165, 1.54) is 0 Å². The second-order valence-electron chi connectivity index (χ2n) is 2.72. The molecule has 0 aliphatic carbocycles. The number of non-ortho nitro benzene ring substituents is 1. The molecule has 0 saturated carbocycles. The molecule has 0 amide bonds. The largest absolute Gasteiger partial charge is 0.505 e. The fraction of sp³-hybridized carbons (Fsp3) is 0.250. The molecule has 0 bridgehead atoms. The van der Waals surface area contributed by atoms with Gasteiger partial charge in [0.1, 0.15) is 0 Å². The van der Waals surface area contributed by atoms with Crippen molar-refractivity contribution in [3.05, 3.63) is 33.6 Å². The summed E-state index contributed by atoms with van der Waals surface area (Å²) in [6.45, 7) is 0.171. The van der Waals surface area contributed by atoms with Gasteiger partial charge >= 0.3 is 0 Å². The van der Waals surface area contributed by atoms with Crippen LogP contribution in [0.3, 0.4) is 0 Å². The van der Waals surface area contributed by atoms with Crippen LogP contribution in [-0.4, -0.2) is 17.1 Å². The zero-order valence-electron chi connectivity index (χ0n) is 7.45. The number of halogens is 1. The number of nitrogens with one attached hydrogen (secondary N) is 1.